The molecule has 2 nitrogen and oxygen atoms in total. The third kappa shape index (κ3) is 1.06. The van der Waals surface area contributed by atoms with E-state index in [9.17, 15) is 4.39 Å². The van der Waals surface area contributed by atoms with E-state index in [1.54, 1.807) is 0 Å². The van der Waals surface area contributed by atoms with Gasteiger partial charge in [-0.3, -0.25) is 0 Å². The summed E-state index contributed by atoms with van der Waals surface area (Å²) in [5, 5.41) is 8.86. The van der Waals surface area contributed by atoms with E-state index < -0.39 is 5.95 Å². The molecule has 50 valence electrons. The molecule has 0 radical (unpaired) electrons. The van der Waals surface area contributed by atoms with Crippen molar-refractivity contribution >= 4 is 0 Å². The van der Waals surface area contributed by atoms with Crippen LogP contribution in [-0.4, -0.2) is 10.1 Å². The molecule has 0 aliphatic heterocycles. The Labute approximate surface area is 57.3 Å². The number of terminal acetylenes is 1. The minimum absolute atomic E-state index is 0.118. The van der Waals surface area contributed by atoms with Crippen molar-refractivity contribution in [1.29, 1.82) is 0 Å². The fraction of sp³-hybridized carbons (Fsp3) is 0. The van der Waals surface area contributed by atoms with Crippen molar-refractivity contribution in [1.82, 2.24) is 4.98 Å². The Kier molecular flexibility index (Phi) is 1.55. The van der Waals surface area contributed by atoms with Gasteiger partial charge in [-0.25, -0.2) is 4.98 Å². The molecule has 0 aromatic carbocycles. The standard InChI is InChI=1S/C7H4FNO/c1-2-5-3-7(8)9-4-6(5)10/h1,3-4,10H. The van der Waals surface area contributed by atoms with Gasteiger partial charge in [-0.15, -0.1) is 6.42 Å². The first kappa shape index (κ1) is 6.56. The zero-order chi connectivity index (χ0) is 7.56. The van der Waals surface area contributed by atoms with Crippen molar-refractivity contribution in [3.63, 3.8) is 0 Å². The number of pyridine rings is 1. The maximum atomic E-state index is 12.2. The summed E-state index contributed by atoms with van der Waals surface area (Å²) in [6, 6.07) is 0.995. The highest BCUT2D eigenvalue weighted by Gasteiger charge is 1.98. The lowest BCUT2D eigenvalue weighted by Crippen LogP contribution is -1.83. The highest BCUT2D eigenvalue weighted by atomic mass is 19.1. The normalized spacial score (nSPS) is 8.80. The minimum Gasteiger partial charge on any atom is -0.505 e. The molecule has 10 heavy (non-hydrogen) atoms. The van der Waals surface area contributed by atoms with Crippen molar-refractivity contribution in [3.8, 4) is 18.1 Å². The molecule has 0 bridgehead atoms. The number of nitrogens with zero attached hydrogens (tertiary/aromatic N) is 1. The van der Waals surface area contributed by atoms with Crippen molar-refractivity contribution in [3.05, 3.63) is 23.8 Å². The van der Waals surface area contributed by atoms with E-state index in [0.29, 0.717) is 0 Å². The Morgan fingerprint density at radius 2 is 2.40 bits per heavy atom. The molecule has 1 aromatic heterocycles. The maximum absolute atomic E-state index is 12.2. The summed E-state index contributed by atoms with van der Waals surface area (Å²) in [7, 11) is 0. The van der Waals surface area contributed by atoms with Crippen molar-refractivity contribution in [2.75, 3.05) is 0 Å². The molecule has 0 amide bonds. The monoisotopic (exact) mass is 137 g/mol. The van der Waals surface area contributed by atoms with E-state index in [-0.39, 0.29) is 11.3 Å². The second kappa shape index (κ2) is 2.36. The fourth-order valence-electron chi connectivity index (χ4n) is 0.538. The van der Waals surface area contributed by atoms with Crippen LogP contribution >= 0.6 is 0 Å². The number of aromatic nitrogens is 1. The minimum atomic E-state index is -0.689. The van der Waals surface area contributed by atoms with Crippen LogP contribution in [0.1, 0.15) is 5.56 Å². The highest BCUT2D eigenvalue weighted by molar-refractivity contribution is 5.41. The van der Waals surface area contributed by atoms with Gasteiger partial charge < -0.3 is 5.11 Å². The van der Waals surface area contributed by atoms with Gasteiger partial charge in [-0.05, 0) is 0 Å². The van der Waals surface area contributed by atoms with Crippen LogP contribution in [0.5, 0.6) is 5.75 Å². The first-order valence-electron chi connectivity index (χ1n) is 2.55. The van der Waals surface area contributed by atoms with Gasteiger partial charge in [0, 0.05) is 6.07 Å². The molecular weight excluding hydrogens is 133 g/mol. The predicted octanol–water partition coefficient (Wildman–Crippen LogP) is 0.908. The van der Waals surface area contributed by atoms with Crippen LogP contribution in [0.2, 0.25) is 0 Å². The molecule has 1 aromatic rings. The van der Waals surface area contributed by atoms with Crippen LogP contribution in [0.15, 0.2) is 12.3 Å². The molecule has 0 aliphatic carbocycles. The summed E-state index contributed by atoms with van der Waals surface area (Å²) in [5.41, 5.74) is 0.118. The number of rotatable bonds is 0. The molecule has 1 heterocycles. The summed E-state index contributed by atoms with van der Waals surface area (Å²) in [5.74, 6) is 1.24. The van der Waals surface area contributed by atoms with Gasteiger partial charge in [0.1, 0.15) is 5.75 Å². The van der Waals surface area contributed by atoms with Gasteiger partial charge in [0.25, 0.3) is 0 Å². The molecule has 0 saturated carbocycles. The van der Waals surface area contributed by atoms with Crippen LogP contribution in [-0.2, 0) is 0 Å². The lowest BCUT2D eigenvalue weighted by molar-refractivity contribution is 0.465. The average Bonchev–Trinajstić information content (AvgIpc) is 1.94. The zero-order valence-electron chi connectivity index (χ0n) is 5.00. The maximum Gasteiger partial charge on any atom is 0.214 e. The van der Waals surface area contributed by atoms with Crippen molar-refractivity contribution in [2.24, 2.45) is 0 Å². The summed E-state index contributed by atoms with van der Waals surface area (Å²) >= 11 is 0. The number of hydrogen-bond acceptors (Lipinski definition) is 2. The SMILES string of the molecule is C#Cc1cc(F)ncc1O. The Morgan fingerprint density at radius 3 is 2.90 bits per heavy atom. The third-order valence-corrected chi connectivity index (χ3v) is 1.01. The lowest BCUT2D eigenvalue weighted by atomic mass is 10.2. The van der Waals surface area contributed by atoms with Crippen molar-refractivity contribution < 1.29 is 9.50 Å². The largest absolute Gasteiger partial charge is 0.505 e. The Morgan fingerprint density at radius 1 is 1.70 bits per heavy atom. The van der Waals surface area contributed by atoms with Gasteiger partial charge in [0.15, 0.2) is 0 Å². The fourth-order valence-corrected chi connectivity index (χ4v) is 0.538. The van der Waals surface area contributed by atoms with Crippen LogP contribution < -0.4 is 0 Å². The van der Waals surface area contributed by atoms with Gasteiger partial charge in [-0.1, -0.05) is 5.92 Å². The van der Waals surface area contributed by atoms with Gasteiger partial charge >= 0.3 is 0 Å². The van der Waals surface area contributed by atoms with Crippen molar-refractivity contribution in [2.45, 2.75) is 0 Å². The quantitative estimate of drug-likeness (QED) is 0.426. The molecule has 3 heteroatoms. The van der Waals surface area contributed by atoms with Gasteiger partial charge in [-0.2, -0.15) is 4.39 Å². The van der Waals surface area contributed by atoms with E-state index in [2.05, 4.69) is 10.9 Å². The summed E-state index contributed by atoms with van der Waals surface area (Å²) in [6.45, 7) is 0. The molecule has 0 aliphatic rings. The van der Waals surface area contributed by atoms with E-state index in [4.69, 9.17) is 11.5 Å². The first-order chi connectivity index (χ1) is 4.74. The molecule has 0 saturated heterocycles. The molecule has 0 spiro atoms. The Bertz CT molecular complexity index is 290. The number of aromatic hydroxyl groups is 1. The van der Waals surface area contributed by atoms with Crippen LogP contribution in [0.4, 0.5) is 4.39 Å². The summed E-state index contributed by atoms with van der Waals surface area (Å²) < 4.78 is 12.2. The smallest absolute Gasteiger partial charge is 0.214 e. The summed E-state index contributed by atoms with van der Waals surface area (Å²) in [6.07, 6.45) is 5.89. The van der Waals surface area contributed by atoms with E-state index in [0.717, 1.165) is 12.3 Å². The molecule has 1 N–H and O–H groups in total. The Balaban J connectivity index is 3.25. The number of halogens is 1. The van der Waals surface area contributed by atoms with Gasteiger partial charge in [0.05, 0.1) is 11.8 Å². The van der Waals surface area contributed by atoms with Crippen LogP contribution in [0.3, 0.4) is 0 Å². The third-order valence-electron chi connectivity index (χ3n) is 1.01. The number of hydrogen-bond donors (Lipinski definition) is 1. The van der Waals surface area contributed by atoms with E-state index in [1.165, 1.54) is 0 Å². The van der Waals surface area contributed by atoms with Crippen LogP contribution in [0.25, 0.3) is 0 Å². The zero-order valence-corrected chi connectivity index (χ0v) is 5.00. The molecule has 1 rings (SSSR count). The van der Waals surface area contributed by atoms with Gasteiger partial charge in [0.2, 0.25) is 5.95 Å². The Hall–Kier alpha value is -1.56. The topological polar surface area (TPSA) is 33.1 Å². The molecular formula is C7H4FNO. The predicted molar refractivity (Wildman–Crippen MR) is 33.8 cm³/mol. The van der Waals surface area contributed by atoms with Crippen LogP contribution in [0, 0.1) is 18.3 Å². The molecule has 0 fully saturated rings. The lowest BCUT2D eigenvalue weighted by Gasteiger charge is -1.93. The van der Waals surface area contributed by atoms with E-state index >= 15 is 0 Å². The molecule has 0 unspecified atom stereocenters. The summed E-state index contributed by atoms with van der Waals surface area (Å²) in [4.78, 5) is 3.18. The highest BCUT2D eigenvalue weighted by Crippen LogP contribution is 2.13. The average molecular weight is 137 g/mol. The first-order valence-corrected chi connectivity index (χ1v) is 2.55. The molecule has 0 atom stereocenters. The van der Waals surface area contributed by atoms with E-state index in [1.807, 2.05) is 0 Å². The second-order valence-electron chi connectivity index (χ2n) is 1.67. The second-order valence-corrected chi connectivity index (χ2v) is 1.67.